The monoisotopic (exact) mass is 267 g/mol. The predicted octanol–water partition coefficient (Wildman–Crippen LogP) is 2.96. The molecule has 0 heterocycles. The Morgan fingerprint density at radius 2 is 1.71 bits per heavy atom. The van der Waals surface area contributed by atoms with Gasteiger partial charge in [0, 0.05) is 6.54 Å². The second-order valence-electron chi connectivity index (χ2n) is 3.62. The van der Waals surface area contributed by atoms with E-state index >= 15 is 0 Å². The number of unbranched alkanes of at least 4 members (excludes halogenated alkanes) is 1. The van der Waals surface area contributed by atoms with E-state index in [0.717, 1.165) is 12.8 Å². The van der Waals surface area contributed by atoms with E-state index in [1.807, 2.05) is 13.8 Å². The van der Waals surface area contributed by atoms with Crippen molar-refractivity contribution in [2.24, 2.45) is 0 Å². The molecule has 0 aliphatic heterocycles. The van der Waals surface area contributed by atoms with Gasteiger partial charge in [0.2, 0.25) is 0 Å². The third-order valence-electron chi connectivity index (χ3n) is 2.06. The van der Waals surface area contributed by atoms with Gasteiger partial charge in [-0.3, -0.25) is 4.57 Å². The van der Waals surface area contributed by atoms with Gasteiger partial charge in [-0.25, -0.2) is 5.48 Å². The average Bonchev–Trinajstić information content (AvgIpc) is 2.28. The second kappa shape index (κ2) is 11.2. The summed E-state index contributed by atoms with van der Waals surface area (Å²) >= 11 is 0. The minimum atomic E-state index is -2.88. The number of nitrogens with one attached hydrogen (secondary N) is 1. The molecule has 0 spiro atoms. The third kappa shape index (κ3) is 9.74. The summed E-state index contributed by atoms with van der Waals surface area (Å²) in [6, 6.07) is 0. The molecule has 0 saturated carbocycles. The largest absolute Gasteiger partial charge is 0.330 e. The standard InChI is InChI=1S/C11H26NO4P/c1-4-7-10-14-12-9-8-11-17(13,15-5-2)16-6-3/h12H,4-11H2,1-3H3. The van der Waals surface area contributed by atoms with E-state index in [9.17, 15) is 4.57 Å². The van der Waals surface area contributed by atoms with Crippen LogP contribution in [0.5, 0.6) is 0 Å². The number of rotatable bonds is 12. The molecule has 5 nitrogen and oxygen atoms in total. The lowest BCUT2D eigenvalue weighted by Crippen LogP contribution is -2.18. The molecule has 0 unspecified atom stereocenters. The van der Waals surface area contributed by atoms with E-state index in [-0.39, 0.29) is 0 Å². The summed E-state index contributed by atoms with van der Waals surface area (Å²) in [6.07, 6.45) is 3.30. The van der Waals surface area contributed by atoms with Gasteiger partial charge < -0.3 is 13.9 Å². The maximum atomic E-state index is 12.0. The summed E-state index contributed by atoms with van der Waals surface area (Å²) in [6.45, 7) is 7.95. The van der Waals surface area contributed by atoms with Crippen molar-refractivity contribution in [3.63, 3.8) is 0 Å². The fraction of sp³-hybridized carbons (Fsp3) is 1.00. The van der Waals surface area contributed by atoms with Crippen LogP contribution in [0.1, 0.15) is 40.0 Å². The van der Waals surface area contributed by atoms with Crippen LogP contribution in [0.4, 0.5) is 0 Å². The summed E-state index contributed by atoms with van der Waals surface area (Å²) in [5.74, 6) is 0. The van der Waals surface area contributed by atoms with Crippen LogP contribution in [-0.2, 0) is 18.5 Å². The first-order chi connectivity index (χ1) is 8.18. The van der Waals surface area contributed by atoms with Crippen molar-refractivity contribution in [2.75, 3.05) is 32.5 Å². The van der Waals surface area contributed by atoms with Crippen LogP contribution in [0.3, 0.4) is 0 Å². The molecule has 0 rings (SSSR count). The van der Waals surface area contributed by atoms with Crippen molar-refractivity contribution in [3.05, 3.63) is 0 Å². The van der Waals surface area contributed by atoms with Gasteiger partial charge in [-0.1, -0.05) is 13.3 Å². The Kier molecular flexibility index (Phi) is 11.2. The van der Waals surface area contributed by atoms with Crippen LogP contribution < -0.4 is 5.48 Å². The highest BCUT2D eigenvalue weighted by Crippen LogP contribution is 2.48. The van der Waals surface area contributed by atoms with Crippen LogP contribution in [0, 0.1) is 0 Å². The SMILES string of the molecule is CCCCONCCCP(=O)(OCC)OCC. The normalized spacial score (nSPS) is 11.9. The van der Waals surface area contributed by atoms with Crippen molar-refractivity contribution < 1.29 is 18.5 Å². The Morgan fingerprint density at radius 1 is 1.06 bits per heavy atom. The number of hydroxylamine groups is 1. The average molecular weight is 267 g/mol. The zero-order valence-corrected chi connectivity index (χ0v) is 12.1. The maximum Gasteiger partial charge on any atom is 0.330 e. The fourth-order valence-electron chi connectivity index (χ4n) is 1.27. The second-order valence-corrected chi connectivity index (χ2v) is 5.81. The highest BCUT2D eigenvalue weighted by molar-refractivity contribution is 7.53. The zero-order valence-electron chi connectivity index (χ0n) is 11.2. The first kappa shape index (κ1) is 17.1. The van der Waals surface area contributed by atoms with E-state index in [4.69, 9.17) is 13.9 Å². The van der Waals surface area contributed by atoms with E-state index in [2.05, 4.69) is 12.4 Å². The summed E-state index contributed by atoms with van der Waals surface area (Å²) in [5.41, 5.74) is 2.84. The van der Waals surface area contributed by atoms with Crippen molar-refractivity contribution in [1.29, 1.82) is 0 Å². The molecule has 0 bridgehead atoms. The molecule has 0 aromatic carbocycles. The lowest BCUT2D eigenvalue weighted by molar-refractivity contribution is 0.0394. The molecule has 0 atom stereocenters. The molecule has 0 aliphatic carbocycles. The molecule has 0 aromatic heterocycles. The van der Waals surface area contributed by atoms with Crippen LogP contribution in [-0.4, -0.2) is 32.5 Å². The van der Waals surface area contributed by atoms with Gasteiger partial charge in [0.1, 0.15) is 0 Å². The molecular formula is C11H26NO4P. The van der Waals surface area contributed by atoms with Crippen molar-refractivity contribution in [3.8, 4) is 0 Å². The lowest BCUT2D eigenvalue weighted by atomic mass is 10.4. The molecule has 0 aliphatic rings. The maximum absolute atomic E-state index is 12.0. The Bertz CT molecular complexity index is 204. The molecule has 0 aromatic rings. The third-order valence-corrected chi connectivity index (χ3v) is 4.23. The highest BCUT2D eigenvalue weighted by Gasteiger charge is 2.22. The van der Waals surface area contributed by atoms with Crippen LogP contribution in [0.15, 0.2) is 0 Å². The molecular weight excluding hydrogens is 241 g/mol. The zero-order chi connectivity index (χ0) is 13.0. The quantitative estimate of drug-likeness (QED) is 0.335. The van der Waals surface area contributed by atoms with Crippen molar-refractivity contribution in [2.45, 2.75) is 40.0 Å². The first-order valence-corrected chi connectivity index (χ1v) is 8.14. The highest BCUT2D eigenvalue weighted by atomic mass is 31.2. The van der Waals surface area contributed by atoms with E-state index in [1.54, 1.807) is 0 Å². The lowest BCUT2D eigenvalue weighted by Gasteiger charge is -2.16. The smallest absolute Gasteiger partial charge is 0.309 e. The van der Waals surface area contributed by atoms with E-state index < -0.39 is 7.60 Å². The number of hydrogen-bond donors (Lipinski definition) is 1. The molecule has 1 N–H and O–H groups in total. The molecule has 0 amide bonds. The topological polar surface area (TPSA) is 56.8 Å². The Balaban J connectivity index is 3.58. The Labute approximate surface area is 105 Å². The first-order valence-electron chi connectivity index (χ1n) is 6.41. The summed E-state index contributed by atoms with van der Waals surface area (Å²) in [7, 11) is -2.88. The van der Waals surface area contributed by atoms with E-state index in [0.29, 0.717) is 38.9 Å². The molecule has 104 valence electrons. The van der Waals surface area contributed by atoms with Gasteiger partial charge >= 0.3 is 7.60 Å². The van der Waals surface area contributed by atoms with Crippen molar-refractivity contribution in [1.82, 2.24) is 5.48 Å². The fourth-order valence-corrected chi connectivity index (χ4v) is 2.93. The van der Waals surface area contributed by atoms with Gasteiger partial charge in [-0.2, -0.15) is 0 Å². The Hall–Kier alpha value is 0.0700. The predicted molar refractivity (Wildman–Crippen MR) is 69.2 cm³/mol. The van der Waals surface area contributed by atoms with Gasteiger partial charge in [0.05, 0.1) is 26.0 Å². The Morgan fingerprint density at radius 3 is 2.24 bits per heavy atom. The van der Waals surface area contributed by atoms with Gasteiger partial charge in [-0.05, 0) is 26.7 Å². The summed E-state index contributed by atoms with van der Waals surface area (Å²) < 4.78 is 22.4. The van der Waals surface area contributed by atoms with Crippen molar-refractivity contribution >= 4 is 7.60 Å². The summed E-state index contributed by atoms with van der Waals surface area (Å²) in [5, 5.41) is 0. The van der Waals surface area contributed by atoms with Gasteiger partial charge in [0.15, 0.2) is 0 Å². The molecule has 6 heteroatoms. The van der Waals surface area contributed by atoms with E-state index in [1.165, 1.54) is 0 Å². The van der Waals surface area contributed by atoms with Crippen LogP contribution in [0.2, 0.25) is 0 Å². The van der Waals surface area contributed by atoms with Gasteiger partial charge in [-0.15, -0.1) is 0 Å². The van der Waals surface area contributed by atoms with Gasteiger partial charge in [0.25, 0.3) is 0 Å². The van der Waals surface area contributed by atoms with Crippen LogP contribution in [0.25, 0.3) is 0 Å². The number of hydrogen-bond acceptors (Lipinski definition) is 5. The molecule has 0 fully saturated rings. The summed E-state index contributed by atoms with van der Waals surface area (Å²) in [4.78, 5) is 5.19. The molecule has 17 heavy (non-hydrogen) atoms. The minimum absolute atomic E-state index is 0.414. The molecule has 0 radical (unpaired) electrons. The van der Waals surface area contributed by atoms with Crippen LogP contribution >= 0.6 is 7.60 Å². The molecule has 0 saturated heterocycles. The minimum Gasteiger partial charge on any atom is -0.309 e.